The number of hydrogen-bond donors (Lipinski definition) is 1. The monoisotopic (exact) mass is 432 g/mol. The summed E-state index contributed by atoms with van der Waals surface area (Å²) in [6, 6.07) is 9.96. The summed E-state index contributed by atoms with van der Waals surface area (Å²) in [4.78, 5) is 10.9. The number of carbonyl (C=O) groups is 1. The average molecular weight is 433 g/mol. The highest BCUT2D eigenvalue weighted by Crippen LogP contribution is 2.33. The van der Waals surface area contributed by atoms with Crippen molar-refractivity contribution < 1.29 is 31.1 Å². The predicted molar refractivity (Wildman–Crippen MR) is 92.6 cm³/mol. The van der Waals surface area contributed by atoms with E-state index in [-0.39, 0.29) is 6.61 Å². The van der Waals surface area contributed by atoms with Crippen LogP contribution in [0.25, 0.3) is 0 Å². The molecule has 0 aliphatic heterocycles. The summed E-state index contributed by atoms with van der Waals surface area (Å²) < 4.78 is 69.4. The first-order chi connectivity index (χ1) is 13.0. The second-order valence-electron chi connectivity index (χ2n) is 5.44. The van der Waals surface area contributed by atoms with Crippen molar-refractivity contribution in [3.8, 4) is 6.07 Å². The zero-order valence-corrected chi connectivity index (χ0v) is 15.5. The molecule has 0 aliphatic rings. The Morgan fingerprint density at radius 2 is 1.93 bits per heavy atom. The van der Waals surface area contributed by atoms with Crippen molar-refractivity contribution in [2.45, 2.75) is 17.7 Å². The third kappa shape index (κ3) is 5.69. The van der Waals surface area contributed by atoms with Gasteiger partial charge in [0.05, 0.1) is 22.2 Å². The molecule has 0 radical (unpaired) electrons. The SMILES string of the molecule is N#Cc1cccc(COC(=O)CNS(=O)(=O)c2cc(C(F)(F)F)ccc2Cl)c1. The Morgan fingerprint density at radius 3 is 2.57 bits per heavy atom. The molecule has 0 unspecified atom stereocenters. The van der Waals surface area contributed by atoms with Crippen LogP contribution < -0.4 is 4.72 Å². The largest absolute Gasteiger partial charge is 0.460 e. The van der Waals surface area contributed by atoms with Gasteiger partial charge in [-0.1, -0.05) is 23.7 Å². The van der Waals surface area contributed by atoms with Gasteiger partial charge in [-0.3, -0.25) is 4.79 Å². The molecular weight excluding hydrogens is 421 g/mol. The van der Waals surface area contributed by atoms with Gasteiger partial charge in [-0.15, -0.1) is 0 Å². The number of nitriles is 1. The van der Waals surface area contributed by atoms with E-state index in [0.29, 0.717) is 23.3 Å². The van der Waals surface area contributed by atoms with Crippen molar-refractivity contribution in [1.82, 2.24) is 4.72 Å². The molecule has 0 fully saturated rings. The first kappa shape index (κ1) is 21.7. The third-order valence-corrected chi connectivity index (χ3v) is 5.29. The van der Waals surface area contributed by atoms with E-state index in [4.69, 9.17) is 21.6 Å². The quantitative estimate of drug-likeness (QED) is 0.707. The Balaban J connectivity index is 2.03. The van der Waals surface area contributed by atoms with Crippen molar-refractivity contribution in [1.29, 1.82) is 5.26 Å². The molecule has 0 saturated carbocycles. The zero-order valence-electron chi connectivity index (χ0n) is 14.0. The molecule has 0 spiro atoms. The molecule has 0 bridgehead atoms. The van der Waals surface area contributed by atoms with Crippen molar-refractivity contribution in [2.75, 3.05) is 6.54 Å². The number of benzene rings is 2. The molecule has 2 aromatic rings. The highest BCUT2D eigenvalue weighted by atomic mass is 35.5. The minimum atomic E-state index is -4.76. The van der Waals surface area contributed by atoms with Gasteiger partial charge in [-0.2, -0.15) is 23.2 Å². The topological polar surface area (TPSA) is 96.3 Å². The summed E-state index contributed by atoms with van der Waals surface area (Å²) in [5, 5.41) is 8.37. The van der Waals surface area contributed by atoms with E-state index in [0.717, 1.165) is 6.07 Å². The van der Waals surface area contributed by atoms with Crippen LogP contribution in [-0.4, -0.2) is 20.9 Å². The van der Waals surface area contributed by atoms with Crippen LogP contribution in [0.3, 0.4) is 0 Å². The number of esters is 1. The minimum absolute atomic E-state index is 0.208. The lowest BCUT2D eigenvalue weighted by Gasteiger charge is -2.12. The van der Waals surface area contributed by atoms with Gasteiger partial charge in [0.15, 0.2) is 0 Å². The Kier molecular flexibility index (Phi) is 6.66. The maximum Gasteiger partial charge on any atom is 0.416 e. The maximum absolute atomic E-state index is 12.8. The number of sulfonamides is 1. The molecule has 0 saturated heterocycles. The van der Waals surface area contributed by atoms with Crippen LogP contribution in [0.1, 0.15) is 16.7 Å². The van der Waals surface area contributed by atoms with Gasteiger partial charge in [-0.25, -0.2) is 8.42 Å². The number of alkyl halides is 3. The third-order valence-electron chi connectivity index (χ3n) is 3.41. The standard InChI is InChI=1S/C17H12ClF3N2O4S/c18-14-5-4-13(17(19,20)21)7-15(14)28(25,26)23-9-16(24)27-10-12-3-1-2-11(6-12)8-22/h1-7,23H,9-10H2. The van der Waals surface area contributed by atoms with Crippen LogP contribution in [0.2, 0.25) is 5.02 Å². The Labute approximate surface area is 163 Å². The highest BCUT2D eigenvalue weighted by Gasteiger charge is 2.32. The van der Waals surface area contributed by atoms with Gasteiger partial charge in [0.25, 0.3) is 0 Å². The number of hydrogen-bond acceptors (Lipinski definition) is 5. The highest BCUT2D eigenvalue weighted by molar-refractivity contribution is 7.89. The molecule has 0 aliphatic carbocycles. The smallest absolute Gasteiger partial charge is 0.416 e. The molecule has 0 aromatic heterocycles. The number of halogens is 4. The molecule has 0 heterocycles. The van der Waals surface area contributed by atoms with E-state index in [9.17, 15) is 26.4 Å². The summed E-state index contributed by atoms with van der Waals surface area (Å²) in [5.74, 6) is -0.964. The minimum Gasteiger partial charge on any atom is -0.460 e. The van der Waals surface area contributed by atoms with E-state index >= 15 is 0 Å². The lowest BCUT2D eigenvalue weighted by Crippen LogP contribution is -2.31. The summed E-state index contributed by atoms with van der Waals surface area (Å²) in [7, 11) is -4.49. The van der Waals surface area contributed by atoms with Gasteiger partial charge in [-0.05, 0) is 35.9 Å². The van der Waals surface area contributed by atoms with Crippen LogP contribution in [0, 0.1) is 11.3 Å². The van der Waals surface area contributed by atoms with Crippen LogP contribution in [-0.2, 0) is 32.3 Å². The number of carbonyl (C=O) groups excluding carboxylic acids is 1. The summed E-state index contributed by atoms with van der Waals surface area (Å²) >= 11 is 5.69. The Morgan fingerprint density at radius 1 is 1.21 bits per heavy atom. The van der Waals surface area contributed by atoms with E-state index < -0.39 is 44.2 Å². The molecule has 1 N–H and O–H groups in total. The maximum atomic E-state index is 12.8. The van der Waals surface area contributed by atoms with Crippen molar-refractivity contribution in [3.05, 3.63) is 64.2 Å². The second-order valence-corrected chi connectivity index (χ2v) is 7.58. The summed E-state index contributed by atoms with van der Waals surface area (Å²) in [6.07, 6.45) is -4.76. The fourth-order valence-corrected chi connectivity index (χ4v) is 3.56. The molecule has 11 heteroatoms. The predicted octanol–water partition coefficient (Wildman–Crippen LogP) is 3.25. The van der Waals surface area contributed by atoms with Crippen molar-refractivity contribution in [2.24, 2.45) is 0 Å². The van der Waals surface area contributed by atoms with E-state index in [1.54, 1.807) is 18.2 Å². The van der Waals surface area contributed by atoms with Gasteiger partial charge in [0, 0.05) is 0 Å². The number of nitrogens with one attached hydrogen (secondary N) is 1. The fourth-order valence-electron chi connectivity index (χ4n) is 2.06. The molecule has 2 rings (SSSR count). The van der Waals surface area contributed by atoms with Gasteiger partial charge < -0.3 is 4.74 Å². The second kappa shape index (κ2) is 8.60. The lowest BCUT2D eigenvalue weighted by atomic mass is 10.1. The van der Waals surface area contributed by atoms with Crippen molar-refractivity contribution in [3.63, 3.8) is 0 Å². The molecule has 28 heavy (non-hydrogen) atoms. The normalized spacial score (nSPS) is 11.7. The number of ether oxygens (including phenoxy) is 1. The molecule has 0 atom stereocenters. The van der Waals surface area contributed by atoms with E-state index in [1.807, 2.05) is 10.8 Å². The Bertz CT molecular complexity index is 1030. The number of nitrogens with zero attached hydrogens (tertiary/aromatic N) is 1. The van der Waals surface area contributed by atoms with Crippen LogP contribution in [0.4, 0.5) is 13.2 Å². The lowest BCUT2D eigenvalue weighted by molar-refractivity contribution is -0.143. The van der Waals surface area contributed by atoms with Gasteiger partial charge in [0.2, 0.25) is 10.0 Å². The van der Waals surface area contributed by atoms with Crippen LogP contribution >= 0.6 is 11.6 Å². The molecule has 148 valence electrons. The molecular formula is C17H12ClF3N2O4S. The summed E-state index contributed by atoms with van der Waals surface area (Å²) in [5.41, 5.74) is -0.332. The number of rotatable bonds is 6. The fraction of sp³-hybridized carbons (Fsp3) is 0.176. The van der Waals surface area contributed by atoms with Crippen LogP contribution in [0.5, 0.6) is 0 Å². The summed E-state index contributed by atoms with van der Waals surface area (Å²) in [6.45, 7) is -1.02. The van der Waals surface area contributed by atoms with E-state index in [1.165, 1.54) is 6.07 Å². The molecule has 6 nitrogen and oxygen atoms in total. The van der Waals surface area contributed by atoms with Crippen molar-refractivity contribution >= 4 is 27.6 Å². The van der Waals surface area contributed by atoms with Crippen LogP contribution in [0.15, 0.2) is 47.4 Å². The molecule has 0 amide bonds. The van der Waals surface area contributed by atoms with E-state index in [2.05, 4.69) is 0 Å². The first-order valence-corrected chi connectivity index (χ1v) is 9.40. The Hall–Kier alpha value is -2.61. The van der Waals surface area contributed by atoms with Gasteiger partial charge >= 0.3 is 12.1 Å². The average Bonchev–Trinajstić information content (AvgIpc) is 2.64. The van der Waals surface area contributed by atoms with Gasteiger partial charge in [0.1, 0.15) is 18.0 Å². The molecule has 2 aromatic carbocycles. The zero-order chi connectivity index (χ0) is 20.9. The first-order valence-electron chi connectivity index (χ1n) is 7.54.